The first-order valence-corrected chi connectivity index (χ1v) is 10.5. The second-order valence-corrected chi connectivity index (χ2v) is 8.47. The number of benzene rings is 3. The van der Waals surface area contributed by atoms with Crippen molar-refractivity contribution in [2.24, 2.45) is 0 Å². The fourth-order valence-corrected chi connectivity index (χ4v) is 5.04. The number of nitrogens with one attached hydrogen (secondary N) is 1. The van der Waals surface area contributed by atoms with E-state index in [1.807, 2.05) is 36.4 Å². The van der Waals surface area contributed by atoms with Crippen LogP contribution in [0.25, 0.3) is 20.8 Å². The molecule has 0 unspecified atom stereocenters. The Morgan fingerprint density at radius 1 is 0.926 bits per heavy atom. The summed E-state index contributed by atoms with van der Waals surface area (Å²) in [5, 5.41) is 0.759. The van der Waals surface area contributed by atoms with Crippen molar-refractivity contribution in [1.29, 1.82) is 0 Å². The average Bonchev–Trinajstić information content (AvgIpc) is 3.12. The average molecular weight is 396 g/mol. The van der Waals surface area contributed by atoms with Crippen LogP contribution >= 0.6 is 11.3 Å². The molecule has 136 valence electrons. The van der Waals surface area contributed by atoms with Gasteiger partial charge in [0.05, 0.1) is 23.0 Å². The molecule has 0 aliphatic carbocycles. The van der Waals surface area contributed by atoms with E-state index in [0.29, 0.717) is 11.4 Å². The molecule has 0 saturated heterocycles. The summed E-state index contributed by atoms with van der Waals surface area (Å²) < 4.78 is 34.8. The van der Waals surface area contributed by atoms with Crippen LogP contribution in [0.1, 0.15) is 0 Å². The fourth-order valence-electron chi connectivity index (χ4n) is 2.79. The van der Waals surface area contributed by atoms with E-state index < -0.39 is 10.0 Å². The lowest BCUT2D eigenvalue weighted by Crippen LogP contribution is -2.14. The molecule has 1 heterocycles. The van der Waals surface area contributed by atoms with Gasteiger partial charge in [-0.05, 0) is 36.4 Å². The Balaban J connectivity index is 1.77. The molecule has 0 aliphatic heterocycles. The smallest absolute Gasteiger partial charge is 0.265 e. The van der Waals surface area contributed by atoms with Gasteiger partial charge >= 0.3 is 0 Å². The summed E-state index contributed by atoms with van der Waals surface area (Å²) in [4.78, 5) is 4.73. The van der Waals surface area contributed by atoms with Crippen molar-refractivity contribution < 1.29 is 13.2 Å². The van der Waals surface area contributed by atoms with E-state index in [1.165, 1.54) is 24.5 Å². The van der Waals surface area contributed by atoms with Crippen LogP contribution in [0.5, 0.6) is 5.75 Å². The molecule has 7 heteroatoms. The van der Waals surface area contributed by atoms with Crippen molar-refractivity contribution in [3.63, 3.8) is 0 Å². The summed E-state index contributed by atoms with van der Waals surface area (Å²) in [5.41, 5.74) is 2.10. The molecule has 1 aromatic heterocycles. The van der Waals surface area contributed by atoms with E-state index in [9.17, 15) is 8.42 Å². The van der Waals surface area contributed by atoms with Gasteiger partial charge in [-0.25, -0.2) is 13.4 Å². The van der Waals surface area contributed by atoms with Crippen LogP contribution < -0.4 is 9.46 Å². The van der Waals surface area contributed by atoms with E-state index in [-0.39, 0.29) is 4.90 Å². The Hall–Kier alpha value is -2.90. The van der Waals surface area contributed by atoms with Crippen LogP contribution in [-0.2, 0) is 10.0 Å². The molecule has 0 bridgehead atoms. The Labute approximate surface area is 161 Å². The number of para-hydroxylation sites is 3. The van der Waals surface area contributed by atoms with E-state index in [0.717, 1.165) is 20.8 Å². The van der Waals surface area contributed by atoms with Crippen molar-refractivity contribution in [1.82, 2.24) is 4.98 Å². The molecule has 0 atom stereocenters. The second kappa shape index (κ2) is 7.02. The minimum absolute atomic E-state index is 0.0894. The van der Waals surface area contributed by atoms with Crippen LogP contribution in [0.2, 0.25) is 0 Å². The van der Waals surface area contributed by atoms with Crippen molar-refractivity contribution in [2.75, 3.05) is 11.8 Å². The topological polar surface area (TPSA) is 68.3 Å². The van der Waals surface area contributed by atoms with Crippen molar-refractivity contribution >= 4 is 37.3 Å². The number of sulfonamides is 1. The summed E-state index contributed by atoms with van der Waals surface area (Å²) in [7, 11) is -2.37. The Kier molecular flexibility index (Phi) is 4.55. The van der Waals surface area contributed by atoms with Gasteiger partial charge in [-0.3, -0.25) is 4.72 Å². The third kappa shape index (κ3) is 3.39. The molecule has 0 fully saturated rings. The molecule has 0 spiro atoms. The molecule has 3 aromatic carbocycles. The fraction of sp³-hybridized carbons (Fsp3) is 0.0500. The minimum Gasteiger partial charge on any atom is -0.495 e. The summed E-state index contributed by atoms with van der Waals surface area (Å²) in [5.74, 6) is 0.294. The molecular weight excluding hydrogens is 380 g/mol. The first kappa shape index (κ1) is 17.5. The monoisotopic (exact) mass is 396 g/mol. The molecule has 0 aliphatic rings. The molecule has 1 N–H and O–H groups in total. The Bertz CT molecular complexity index is 1180. The van der Waals surface area contributed by atoms with Crippen LogP contribution in [0, 0.1) is 0 Å². The number of fused-ring (bicyclic) bond motifs is 1. The maximum atomic E-state index is 12.9. The van der Waals surface area contributed by atoms with Crippen molar-refractivity contribution in [3.05, 3.63) is 72.8 Å². The lowest BCUT2D eigenvalue weighted by atomic mass is 10.2. The third-order valence-corrected chi connectivity index (χ3v) is 6.53. The van der Waals surface area contributed by atoms with Gasteiger partial charge in [0.1, 0.15) is 15.7 Å². The highest BCUT2D eigenvalue weighted by Gasteiger charge is 2.21. The first-order chi connectivity index (χ1) is 13.1. The van der Waals surface area contributed by atoms with Gasteiger partial charge in [-0.2, -0.15) is 0 Å². The molecule has 4 rings (SSSR count). The van der Waals surface area contributed by atoms with Gasteiger partial charge in [-0.1, -0.05) is 36.4 Å². The molecule has 0 amide bonds. The Morgan fingerprint density at radius 3 is 2.44 bits per heavy atom. The van der Waals surface area contributed by atoms with E-state index in [1.54, 1.807) is 30.3 Å². The minimum atomic E-state index is -3.81. The predicted molar refractivity (Wildman–Crippen MR) is 109 cm³/mol. The van der Waals surface area contributed by atoms with E-state index >= 15 is 0 Å². The number of methoxy groups -OCH3 is 1. The van der Waals surface area contributed by atoms with Gasteiger partial charge in [-0.15, -0.1) is 11.3 Å². The van der Waals surface area contributed by atoms with Gasteiger partial charge in [0.2, 0.25) is 0 Å². The van der Waals surface area contributed by atoms with Gasteiger partial charge < -0.3 is 4.74 Å². The second-order valence-electron chi connectivity index (χ2n) is 5.79. The third-order valence-electron chi connectivity index (χ3n) is 4.05. The quantitative estimate of drug-likeness (QED) is 0.527. The zero-order valence-corrected chi connectivity index (χ0v) is 16.0. The highest BCUT2D eigenvalue weighted by molar-refractivity contribution is 7.92. The molecule has 0 radical (unpaired) electrons. The van der Waals surface area contributed by atoms with Gasteiger partial charge in [0.25, 0.3) is 10.0 Å². The number of hydrogen-bond donors (Lipinski definition) is 1. The number of ether oxygens (including phenoxy) is 1. The molecule has 0 saturated carbocycles. The maximum Gasteiger partial charge on any atom is 0.265 e. The highest BCUT2D eigenvalue weighted by Crippen LogP contribution is 2.35. The zero-order valence-electron chi connectivity index (χ0n) is 14.4. The number of rotatable bonds is 5. The molecule has 4 aromatic rings. The zero-order chi connectivity index (χ0) is 18.9. The lowest BCUT2D eigenvalue weighted by Gasteiger charge is -2.13. The van der Waals surface area contributed by atoms with Crippen LogP contribution in [0.4, 0.5) is 5.69 Å². The summed E-state index contributed by atoms with van der Waals surface area (Å²) in [6.45, 7) is 0. The summed E-state index contributed by atoms with van der Waals surface area (Å²) >= 11 is 1.52. The molecule has 27 heavy (non-hydrogen) atoms. The summed E-state index contributed by atoms with van der Waals surface area (Å²) in [6, 6.07) is 21.6. The number of nitrogens with zero attached hydrogens (tertiary/aromatic N) is 1. The predicted octanol–water partition coefficient (Wildman–Crippen LogP) is 4.77. The lowest BCUT2D eigenvalue weighted by molar-refractivity contribution is 0.403. The van der Waals surface area contributed by atoms with E-state index in [4.69, 9.17) is 4.74 Å². The van der Waals surface area contributed by atoms with Crippen LogP contribution in [0.3, 0.4) is 0 Å². The highest BCUT2D eigenvalue weighted by atomic mass is 32.2. The van der Waals surface area contributed by atoms with Crippen LogP contribution in [-0.4, -0.2) is 20.5 Å². The van der Waals surface area contributed by atoms with Crippen LogP contribution in [0.15, 0.2) is 77.7 Å². The Morgan fingerprint density at radius 2 is 1.63 bits per heavy atom. The number of aromatic nitrogens is 1. The normalized spacial score (nSPS) is 11.4. The maximum absolute atomic E-state index is 12.9. The number of anilines is 1. The number of thiazole rings is 1. The standard InChI is InChI=1S/C20H16N2O3S2/c1-25-17-11-5-7-13-19(17)27(23,24)22-15-9-3-2-8-14(15)20-21-16-10-4-6-12-18(16)26-20/h2-13,22H,1H3. The molecule has 5 nitrogen and oxygen atoms in total. The van der Waals surface area contributed by atoms with Gasteiger partial charge in [0, 0.05) is 5.56 Å². The summed E-state index contributed by atoms with van der Waals surface area (Å²) in [6.07, 6.45) is 0. The van der Waals surface area contributed by atoms with Gasteiger partial charge in [0.15, 0.2) is 0 Å². The number of hydrogen-bond acceptors (Lipinski definition) is 5. The van der Waals surface area contributed by atoms with E-state index in [2.05, 4.69) is 9.71 Å². The molecular formula is C20H16N2O3S2. The first-order valence-electron chi connectivity index (χ1n) is 8.19. The largest absolute Gasteiger partial charge is 0.495 e. The van der Waals surface area contributed by atoms with Crippen molar-refractivity contribution in [2.45, 2.75) is 4.90 Å². The van der Waals surface area contributed by atoms with Crippen molar-refractivity contribution in [3.8, 4) is 16.3 Å². The SMILES string of the molecule is COc1ccccc1S(=O)(=O)Nc1ccccc1-c1nc2ccccc2s1.